The lowest BCUT2D eigenvalue weighted by Crippen LogP contribution is -2.24. The highest BCUT2D eigenvalue weighted by atomic mass is 35.5. The van der Waals surface area contributed by atoms with Gasteiger partial charge in [0.2, 0.25) is 0 Å². The standard InChI is InChI=1S/C15H14ClNO2/c16-10-4-5-14-12(7-10)13(17)8-15(19-14)9-2-1-3-11(18)6-9/h1-7,13,15,18H,8,17H2/t13-,15?/m1/s1. The van der Waals surface area contributed by atoms with Gasteiger partial charge in [0.1, 0.15) is 17.6 Å². The number of benzene rings is 2. The summed E-state index contributed by atoms with van der Waals surface area (Å²) in [7, 11) is 0. The minimum absolute atomic E-state index is 0.116. The Hall–Kier alpha value is -1.71. The first-order valence-electron chi connectivity index (χ1n) is 6.14. The third-order valence-electron chi connectivity index (χ3n) is 3.35. The van der Waals surface area contributed by atoms with Crippen molar-refractivity contribution < 1.29 is 9.84 Å². The molecule has 0 aliphatic carbocycles. The summed E-state index contributed by atoms with van der Waals surface area (Å²) in [5.74, 6) is 0.994. The number of hydrogen-bond acceptors (Lipinski definition) is 3. The Morgan fingerprint density at radius 2 is 2.05 bits per heavy atom. The molecule has 1 aliphatic heterocycles. The lowest BCUT2D eigenvalue weighted by Gasteiger charge is -2.30. The third-order valence-corrected chi connectivity index (χ3v) is 3.59. The van der Waals surface area contributed by atoms with Gasteiger partial charge in [0, 0.05) is 23.0 Å². The van der Waals surface area contributed by atoms with Crippen LogP contribution in [0.15, 0.2) is 42.5 Å². The Morgan fingerprint density at radius 3 is 2.84 bits per heavy atom. The smallest absolute Gasteiger partial charge is 0.126 e. The number of hydrogen-bond donors (Lipinski definition) is 2. The van der Waals surface area contributed by atoms with E-state index in [0.29, 0.717) is 11.4 Å². The molecule has 1 unspecified atom stereocenters. The number of nitrogens with two attached hydrogens (primary N) is 1. The molecule has 2 aromatic carbocycles. The van der Waals surface area contributed by atoms with Crippen molar-refractivity contribution in [2.45, 2.75) is 18.6 Å². The van der Waals surface area contributed by atoms with Crippen LogP contribution in [0.1, 0.15) is 29.7 Å². The van der Waals surface area contributed by atoms with Crippen LogP contribution in [0.3, 0.4) is 0 Å². The molecular weight excluding hydrogens is 262 g/mol. The van der Waals surface area contributed by atoms with Crippen LogP contribution in [0.2, 0.25) is 5.02 Å². The minimum Gasteiger partial charge on any atom is -0.508 e. The lowest BCUT2D eigenvalue weighted by molar-refractivity contribution is 0.161. The third kappa shape index (κ3) is 2.39. The van der Waals surface area contributed by atoms with E-state index in [1.54, 1.807) is 24.3 Å². The molecule has 98 valence electrons. The molecule has 0 amide bonds. The quantitative estimate of drug-likeness (QED) is 0.836. The van der Waals surface area contributed by atoms with E-state index in [-0.39, 0.29) is 17.9 Å². The van der Waals surface area contributed by atoms with Crippen molar-refractivity contribution in [3.05, 3.63) is 58.6 Å². The maximum atomic E-state index is 9.54. The topological polar surface area (TPSA) is 55.5 Å². The van der Waals surface area contributed by atoms with Crippen LogP contribution in [-0.4, -0.2) is 5.11 Å². The molecule has 0 fully saturated rings. The van der Waals surface area contributed by atoms with Gasteiger partial charge in [-0.3, -0.25) is 0 Å². The minimum atomic E-state index is -0.143. The predicted molar refractivity (Wildman–Crippen MR) is 74.5 cm³/mol. The number of phenolic OH excluding ortho intramolecular Hbond substituents is 1. The summed E-state index contributed by atoms with van der Waals surface area (Å²) in [5, 5.41) is 10.2. The summed E-state index contributed by atoms with van der Waals surface area (Å²) in [6, 6.07) is 12.4. The molecule has 2 aromatic rings. The molecule has 19 heavy (non-hydrogen) atoms. The monoisotopic (exact) mass is 275 g/mol. The van der Waals surface area contributed by atoms with Crippen LogP contribution in [0.25, 0.3) is 0 Å². The summed E-state index contributed by atoms with van der Waals surface area (Å²) in [4.78, 5) is 0. The summed E-state index contributed by atoms with van der Waals surface area (Å²) in [6.45, 7) is 0. The van der Waals surface area contributed by atoms with Crippen molar-refractivity contribution >= 4 is 11.6 Å². The van der Waals surface area contributed by atoms with Gasteiger partial charge in [-0.05, 0) is 35.9 Å². The Morgan fingerprint density at radius 1 is 1.21 bits per heavy atom. The summed E-state index contributed by atoms with van der Waals surface area (Å²) < 4.78 is 5.95. The summed E-state index contributed by atoms with van der Waals surface area (Å²) >= 11 is 5.97. The van der Waals surface area contributed by atoms with Crippen molar-refractivity contribution in [3.8, 4) is 11.5 Å². The van der Waals surface area contributed by atoms with Crippen LogP contribution in [-0.2, 0) is 0 Å². The second-order valence-electron chi connectivity index (χ2n) is 4.73. The van der Waals surface area contributed by atoms with E-state index in [4.69, 9.17) is 22.1 Å². The highest BCUT2D eigenvalue weighted by Gasteiger charge is 2.27. The molecule has 0 aromatic heterocycles. The van der Waals surface area contributed by atoms with Crippen molar-refractivity contribution in [2.24, 2.45) is 5.73 Å². The molecule has 0 saturated carbocycles. The fraction of sp³-hybridized carbons (Fsp3) is 0.200. The normalized spacial score (nSPS) is 21.6. The van der Waals surface area contributed by atoms with Gasteiger partial charge < -0.3 is 15.6 Å². The Kier molecular flexibility index (Phi) is 3.09. The lowest BCUT2D eigenvalue weighted by atomic mass is 9.93. The fourth-order valence-corrected chi connectivity index (χ4v) is 2.59. The molecule has 3 rings (SSSR count). The van der Waals surface area contributed by atoms with Gasteiger partial charge in [0.05, 0.1) is 0 Å². The van der Waals surface area contributed by atoms with E-state index in [1.165, 1.54) is 0 Å². The van der Waals surface area contributed by atoms with Gasteiger partial charge in [-0.25, -0.2) is 0 Å². The second kappa shape index (κ2) is 4.76. The maximum Gasteiger partial charge on any atom is 0.126 e. The van der Waals surface area contributed by atoms with E-state index >= 15 is 0 Å². The van der Waals surface area contributed by atoms with Crippen LogP contribution < -0.4 is 10.5 Å². The number of phenols is 1. The van der Waals surface area contributed by atoms with E-state index in [0.717, 1.165) is 16.9 Å². The molecule has 0 bridgehead atoms. The molecular formula is C15H14ClNO2. The van der Waals surface area contributed by atoms with Crippen LogP contribution in [0.4, 0.5) is 0 Å². The number of ether oxygens (including phenoxy) is 1. The molecule has 3 N–H and O–H groups in total. The fourth-order valence-electron chi connectivity index (χ4n) is 2.40. The van der Waals surface area contributed by atoms with Crippen LogP contribution >= 0.6 is 11.6 Å². The maximum absolute atomic E-state index is 9.54. The molecule has 3 nitrogen and oxygen atoms in total. The van der Waals surface area contributed by atoms with E-state index < -0.39 is 0 Å². The Bertz CT molecular complexity index is 615. The molecule has 1 heterocycles. The summed E-state index contributed by atoms with van der Waals surface area (Å²) in [5.41, 5.74) is 8.04. The SMILES string of the molecule is N[C@@H]1CC(c2cccc(O)c2)Oc2ccc(Cl)cc21. The van der Waals surface area contributed by atoms with Crippen molar-refractivity contribution in [2.75, 3.05) is 0 Å². The first-order valence-corrected chi connectivity index (χ1v) is 6.52. The van der Waals surface area contributed by atoms with E-state index in [9.17, 15) is 5.11 Å². The highest BCUT2D eigenvalue weighted by molar-refractivity contribution is 6.30. The van der Waals surface area contributed by atoms with Crippen molar-refractivity contribution in [1.29, 1.82) is 0 Å². The van der Waals surface area contributed by atoms with Gasteiger partial charge in [-0.1, -0.05) is 23.7 Å². The first-order chi connectivity index (χ1) is 9.13. The number of fused-ring (bicyclic) bond motifs is 1. The van der Waals surface area contributed by atoms with Gasteiger partial charge in [0.15, 0.2) is 0 Å². The van der Waals surface area contributed by atoms with Crippen LogP contribution in [0, 0.1) is 0 Å². The first kappa shape index (κ1) is 12.3. The zero-order valence-electron chi connectivity index (χ0n) is 10.2. The summed E-state index contributed by atoms with van der Waals surface area (Å²) in [6.07, 6.45) is 0.521. The molecule has 0 radical (unpaired) electrons. The molecule has 4 heteroatoms. The average molecular weight is 276 g/mol. The second-order valence-corrected chi connectivity index (χ2v) is 5.16. The van der Waals surface area contributed by atoms with Crippen LogP contribution in [0.5, 0.6) is 11.5 Å². The Labute approximate surface area is 116 Å². The number of aromatic hydroxyl groups is 1. The largest absolute Gasteiger partial charge is 0.508 e. The molecule has 1 aliphatic rings. The van der Waals surface area contributed by atoms with Gasteiger partial charge in [-0.15, -0.1) is 0 Å². The number of rotatable bonds is 1. The highest BCUT2D eigenvalue weighted by Crippen LogP contribution is 2.41. The van der Waals surface area contributed by atoms with Gasteiger partial charge in [-0.2, -0.15) is 0 Å². The molecule has 0 saturated heterocycles. The number of halogens is 1. The molecule has 0 spiro atoms. The average Bonchev–Trinajstić information content (AvgIpc) is 2.39. The Balaban J connectivity index is 1.95. The zero-order chi connectivity index (χ0) is 13.4. The van der Waals surface area contributed by atoms with Gasteiger partial charge in [0.25, 0.3) is 0 Å². The predicted octanol–water partition coefficient (Wildman–Crippen LogP) is 3.57. The van der Waals surface area contributed by atoms with E-state index in [2.05, 4.69) is 0 Å². The van der Waals surface area contributed by atoms with Crippen molar-refractivity contribution in [3.63, 3.8) is 0 Å². The van der Waals surface area contributed by atoms with Crippen molar-refractivity contribution in [1.82, 2.24) is 0 Å². The molecule has 2 atom stereocenters. The van der Waals surface area contributed by atoms with E-state index in [1.807, 2.05) is 18.2 Å². The van der Waals surface area contributed by atoms with Gasteiger partial charge >= 0.3 is 0 Å². The zero-order valence-corrected chi connectivity index (χ0v) is 11.0.